The van der Waals surface area contributed by atoms with Gasteiger partial charge in [-0.25, -0.2) is 4.98 Å². The standard InChI is InChI=1S/C23H26N4O2/c1-27(2)20-11-8-18(9-12-20)26-23(28)21-13-10-19(16-25-21)24-15-14-17-6-4-5-7-22(17)29-3/h4-13,16,24H,14-15H2,1-3H3,(H,26,28). The monoisotopic (exact) mass is 390 g/mol. The molecule has 0 aliphatic carbocycles. The van der Waals surface area contributed by atoms with E-state index >= 15 is 0 Å². The fourth-order valence-corrected chi connectivity index (χ4v) is 2.92. The van der Waals surface area contributed by atoms with Gasteiger partial charge in [-0.05, 0) is 54.4 Å². The number of anilines is 3. The lowest BCUT2D eigenvalue weighted by Gasteiger charge is -2.13. The fourth-order valence-electron chi connectivity index (χ4n) is 2.92. The predicted octanol–water partition coefficient (Wildman–Crippen LogP) is 4.06. The molecule has 6 heteroatoms. The fraction of sp³-hybridized carbons (Fsp3) is 0.217. The Morgan fingerprint density at radius 3 is 2.38 bits per heavy atom. The Labute approximate surface area is 171 Å². The normalized spacial score (nSPS) is 10.3. The van der Waals surface area contributed by atoms with Crippen molar-refractivity contribution in [3.05, 3.63) is 78.1 Å². The van der Waals surface area contributed by atoms with Gasteiger partial charge in [0.05, 0.1) is 19.0 Å². The van der Waals surface area contributed by atoms with Crippen LogP contribution in [-0.4, -0.2) is 38.6 Å². The van der Waals surface area contributed by atoms with E-state index in [0.29, 0.717) is 5.69 Å². The summed E-state index contributed by atoms with van der Waals surface area (Å²) in [6, 6.07) is 19.2. The molecule has 0 spiro atoms. The first-order chi connectivity index (χ1) is 14.1. The molecule has 0 fully saturated rings. The third-order valence-electron chi connectivity index (χ3n) is 4.55. The first-order valence-electron chi connectivity index (χ1n) is 9.47. The molecule has 0 atom stereocenters. The molecular formula is C23H26N4O2. The average Bonchev–Trinajstić information content (AvgIpc) is 2.75. The molecule has 1 heterocycles. The average molecular weight is 390 g/mol. The van der Waals surface area contributed by atoms with Crippen molar-refractivity contribution in [3.8, 4) is 5.75 Å². The number of ether oxygens (including phenoxy) is 1. The largest absolute Gasteiger partial charge is 0.496 e. The van der Waals surface area contributed by atoms with E-state index in [1.165, 1.54) is 0 Å². The second-order valence-corrected chi connectivity index (χ2v) is 6.82. The highest BCUT2D eigenvalue weighted by atomic mass is 16.5. The van der Waals surface area contributed by atoms with Crippen molar-refractivity contribution in [3.63, 3.8) is 0 Å². The number of rotatable bonds is 8. The molecule has 0 aliphatic rings. The molecule has 3 rings (SSSR count). The third kappa shape index (κ3) is 5.48. The van der Waals surface area contributed by atoms with Gasteiger partial charge < -0.3 is 20.3 Å². The highest BCUT2D eigenvalue weighted by Gasteiger charge is 2.08. The van der Waals surface area contributed by atoms with Gasteiger partial charge in [-0.15, -0.1) is 0 Å². The smallest absolute Gasteiger partial charge is 0.274 e. The number of para-hydroxylation sites is 1. The van der Waals surface area contributed by atoms with Crippen LogP contribution in [0.2, 0.25) is 0 Å². The van der Waals surface area contributed by atoms with Crippen molar-refractivity contribution < 1.29 is 9.53 Å². The Balaban J connectivity index is 1.53. The lowest BCUT2D eigenvalue weighted by atomic mass is 10.1. The van der Waals surface area contributed by atoms with E-state index < -0.39 is 0 Å². The molecule has 0 radical (unpaired) electrons. The van der Waals surface area contributed by atoms with Crippen LogP contribution in [0.1, 0.15) is 16.1 Å². The Kier molecular flexibility index (Phi) is 6.68. The van der Waals surface area contributed by atoms with Crippen LogP contribution < -0.4 is 20.3 Å². The third-order valence-corrected chi connectivity index (χ3v) is 4.55. The lowest BCUT2D eigenvalue weighted by molar-refractivity contribution is 0.102. The summed E-state index contributed by atoms with van der Waals surface area (Å²) < 4.78 is 5.37. The van der Waals surface area contributed by atoms with Gasteiger partial charge in [-0.2, -0.15) is 0 Å². The SMILES string of the molecule is COc1ccccc1CCNc1ccc(C(=O)Nc2ccc(N(C)C)cc2)nc1. The molecule has 3 aromatic rings. The van der Waals surface area contributed by atoms with E-state index in [4.69, 9.17) is 4.74 Å². The molecule has 6 nitrogen and oxygen atoms in total. The van der Waals surface area contributed by atoms with Crippen molar-refractivity contribution in [2.45, 2.75) is 6.42 Å². The molecule has 1 amide bonds. The zero-order valence-electron chi connectivity index (χ0n) is 17.0. The highest BCUT2D eigenvalue weighted by Crippen LogP contribution is 2.18. The highest BCUT2D eigenvalue weighted by molar-refractivity contribution is 6.03. The number of hydrogen-bond donors (Lipinski definition) is 2. The minimum atomic E-state index is -0.233. The molecule has 2 aromatic carbocycles. The summed E-state index contributed by atoms with van der Waals surface area (Å²) in [5.74, 6) is 0.654. The van der Waals surface area contributed by atoms with Crippen LogP contribution in [0.4, 0.5) is 17.1 Å². The van der Waals surface area contributed by atoms with Gasteiger partial charge in [-0.3, -0.25) is 4.79 Å². The predicted molar refractivity (Wildman–Crippen MR) is 118 cm³/mol. The Morgan fingerprint density at radius 1 is 1.00 bits per heavy atom. The lowest BCUT2D eigenvalue weighted by Crippen LogP contribution is -2.14. The second kappa shape index (κ2) is 9.59. The zero-order valence-corrected chi connectivity index (χ0v) is 17.0. The van der Waals surface area contributed by atoms with Gasteiger partial charge in [0, 0.05) is 32.0 Å². The summed E-state index contributed by atoms with van der Waals surface area (Å²) in [6.07, 6.45) is 2.50. The molecule has 29 heavy (non-hydrogen) atoms. The van der Waals surface area contributed by atoms with E-state index in [0.717, 1.165) is 41.3 Å². The van der Waals surface area contributed by atoms with Crippen LogP contribution in [-0.2, 0) is 6.42 Å². The van der Waals surface area contributed by atoms with E-state index in [1.54, 1.807) is 19.4 Å². The van der Waals surface area contributed by atoms with E-state index in [1.807, 2.05) is 67.5 Å². The summed E-state index contributed by atoms with van der Waals surface area (Å²) in [7, 11) is 5.63. The van der Waals surface area contributed by atoms with Crippen LogP contribution in [0, 0.1) is 0 Å². The van der Waals surface area contributed by atoms with Crippen molar-refractivity contribution in [2.24, 2.45) is 0 Å². The molecular weight excluding hydrogens is 364 g/mol. The Morgan fingerprint density at radius 2 is 1.72 bits per heavy atom. The van der Waals surface area contributed by atoms with Crippen LogP contribution >= 0.6 is 0 Å². The minimum Gasteiger partial charge on any atom is -0.496 e. The number of carbonyl (C=O) groups is 1. The number of carbonyl (C=O) groups excluding carboxylic acids is 1. The number of hydrogen-bond acceptors (Lipinski definition) is 5. The van der Waals surface area contributed by atoms with Gasteiger partial charge in [0.25, 0.3) is 5.91 Å². The van der Waals surface area contributed by atoms with Crippen molar-refractivity contribution >= 4 is 23.0 Å². The molecule has 150 valence electrons. The zero-order chi connectivity index (χ0) is 20.6. The van der Waals surface area contributed by atoms with E-state index in [9.17, 15) is 4.79 Å². The van der Waals surface area contributed by atoms with Crippen LogP contribution in [0.5, 0.6) is 5.75 Å². The van der Waals surface area contributed by atoms with Gasteiger partial charge in [0.2, 0.25) is 0 Å². The maximum atomic E-state index is 12.4. The quantitative estimate of drug-likeness (QED) is 0.607. The summed E-state index contributed by atoms with van der Waals surface area (Å²) >= 11 is 0. The first kappa shape index (κ1) is 20.2. The van der Waals surface area contributed by atoms with Gasteiger partial charge >= 0.3 is 0 Å². The van der Waals surface area contributed by atoms with Gasteiger partial charge in [0.15, 0.2) is 0 Å². The maximum Gasteiger partial charge on any atom is 0.274 e. The number of benzene rings is 2. The summed E-state index contributed by atoms with van der Waals surface area (Å²) in [5.41, 5.74) is 4.20. The van der Waals surface area contributed by atoms with Crippen molar-refractivity contribution in [2.75, 3.05) is 43.3 Å². The summed E-state index contributed by atoms with van der Waals surface area (Å²) in [6.45, 7) is 0.742. The second-order valence-electron chi connectivity index (χ2n) is 6.82. The van der Waals surface area contributed by atoms with Crippen molar-refractivity contribution in [1.29, 1.82) is 0 Å². The van der Waals surface area contributed by atoms with Crippen molar-refractivity contribution in [1.82, 2.24) is 4.98 Å². The van der Waals surface area contributed by atoms with Crippen LogP contribution in [0.25, 0.3) is 0 Å². The molecule has 2 N–H and O–H groups in total. The van der Waals surface area contributed by atoms with Gasteiger partial charge in [-0.1, -0.05) is 18.2 Å². The Bertz CT molecular complexity index is 938. The molecule has 0 bridgehead atoms. The van der Waals surface area contributed by atoms with Crippen LogP contribution in [0.3, 0.4) is 0 Å². The summed E-state index contributed by atoms with van der Waals surface area (Å²) in [5, 5.41) is 6.19. The minimum absolute atomic E-state index is 0.233. The number of nitrogens with zero attached hydrogens (tertiary/aromatic N) is 2. The van der Waals surface area contributed by atoms with E-state index in [-0.39, 0.29) is 5.91 Å². The number of amides is 1. The number of methoxy groups -OCH3 is 1. The number of nitrogens with one attached hydrogen (secondary N) is 2. The molecule has 0 saturated carbocycles. The molecule has 0 saturated heterocycles. The number of pyridine rings is 1. The van der Waals surface area contributed by atoms with Crippen LogP contribution in [0.15, 0.2) is 66.9 Å². The molecule has 1 aromatic heterocycles. The maximum absolute atomic E-state index is 12.4. The number of aromatic nitrogens is 1. The van der Waals surface area contributed by atoms with E-state index in [2.05, 4.69) is 21.7 Å². The molecule has 0 unspecified atom stereocenters. The topological polar surface area (TPSA) is 66.5 Å². The first-order valence-corrected chi connectivity index (χ1v) is 9.47. The Hall–Kier alpha value is -3.54. The summed E-state index contributed by atoms with van der Waals surface area (Å²) in [4.78, 5) is 18.7. The van der Waals surface area contributed by atoms with Gasteiger partial charge in [0.1, 0.15) is 11.4 Å². The molecule has 0 aliphatic heterocycles.